The van der Waals surface area contributed by atoms with Gasteiger partial charge in [0.1, 0.15) is 5.75 Å². The van der Waals surface area contributed by atoms with Crippen LogP contribution in [0.3, 0.4) is 0 Å². The van der Waals surface area contributed by atoms with Crippen LogP contribution >= 0.6 is 11.6 Å². The van der Waals surface area contributed by atoms with Gasteiger partial charge < -0.3 is 10.1 Å². The van der Waals surface area contributed by atoms with E-state index in [9.17, 15) is 0 Å². The zero-order chi connectivity index (χ0) is 12.8. The van der Waals surface area contributed by atoms with Gasteiger partial charge in [-0.25, -0.2) is 0 Å². The van der Waals surface area contributed by atoms with Crippen LogP contribution in [0.2, 0.25) is 5.02 Å². The number of hydrogen-bond donors (Lipinski definition) is 1. The lowest BCUT2D eigenvalue weighted by molar-refractivity contribution is 0.214. The Balaban J connectivity index is 2.94. The van der Waals surface area contributed by atoms with Crippen molar-refractivity contribution in [2.75, 3.05) is 6.54 Å². The van der Waals surface area contributed by atoms with Gasteiger partial charge >= 0.3 is 0 Å². The van der Waals surface area contributed by atoms with Crippen LogP contribution in [0.1, 0.15) is 45.7 Å². The number of halogens is 1. The van der Waals surface area contributed by atoms with E-state index in [4.69, 9.17) is 16.3 Å². The molecule has 1 N–H and O–H groups in total. The highest BCUT2D eigenvalue weighted by molar-refractivity contribution is 6.30. The molecule has 0 radical (unpaired) electrons. The summed E-state index contributed by atoms with van der Waals surface area (Å²) in [5.74, 6) is 0.928. The minimum atomic E-state index is 0.226. The molecule has 0 aliphatic carbocycles. The quantitative estimate of drug-likeness (QED) is 0.823. The average molecular weight is 256 g/mol. The third-order valence-electron chi connectivity index (χ3n) is 2.85. The fourth-order valence-electron chi connectivity index (χ4n) is 1.68. The lowest BCUT2D eigenvalue weighted by Gasteiger charge is -2.20. The Kier molecular flexibility index (Phi) is 5.79. The minimum absolute atomic E-state index is 0.226. The SMILES string of the molecule is CCNC(C)c1cc(Cl)ccc1OC(C)CC. The van der Waals surface area contributed by atoms with E-state index in [0.717, 1.165) is 29.3 Å². The Hall–Kier alpha value is -0.730. The van der Waals surface area contributed by atoms with Crippen LogP contribution in [0, 0.1) is 0 Å². The summed E-state index contributed by atoms with van der Waals surface area (Å²) in [6, 6.07) is 6.06. The first-order chi connectivity index (χ1) is 8.08. The largest absolute Gasteiger partial charge is 0.490 e. The normalized spacial score (nSPS) is 14.4. The van der Waals surface area contributed by atoms with E-state index in [1.54, 1.807) is 0 Å². The topological polar surface area (TPSA) is 21.3 Å². The van der Waals surface area contributed by atoms with Crippen molar-refractivity contribution in [1.82, 2.24) is 5.32 Å². The summed E-state index contributed by atoms with van der Waals surface area (Å²) in [5.41, 5.74) is 1.12. The Morgan fingerprint density at radius 1 is 1.29 bits per heavy atom. The van der Waals surface area contributed by atoms with Gasteiger partial charge in [0.05, 0.1) is 6.10 Å². The van der Waals surface area contributed by atoms with Crippen molar-refractivity contribution in [1.29, 1.82) is 0 Å². The molecule has 1 aromatic carbocycles. The van der Waals surface area contributed by atoms with E-state index in [0.29, 0.717) is 0 Å². The van der Waals surface area contributed by atoms with E-state index in [1.165, 1.54) is 0 Å². The molecule has 3 heteroatoms. The van der Waals surface area contributed by atoms with Crippen LogP contribution in [0.5, 0.6) is 5.75 Å². The lowest BCUT2D eigenvalue weighted by atomic mass is 10.1. The molecule has 17 heavy (non-hydrogen) atoms. The molecule has 0 spiro atoms. The first-order valence-corrected chi connectivity index (χ1v) is 6.65. The van der Waals surface area contributed by atoms with E-state index < -0.39 is 0 Å². The first-order valence-electron chi connectivity index (χ1n) is 6.27. The van der Waals surface area contributed by atoms with Gasteiger partial charge in [0.2, 0.25) is 0 Å². The molecule has 1 rings (SSSR count). The van der Waals surface area contributed by atoms with Gasteiger partial charge in [-0.15, -0.1) is 0 Å². The summed E-state index contributed by atoms with van der Waals surface area (Å²) in [6.07, 6.45) is 1.22. The minimum Gasteiger partial charge on any atom is -0.490 e. The van der Waals surface area contributed by atoms with Crippen LogP contribution in [0.25, 0.3) is 0 Å². The molecular formula is C14H22ClNO. The zero-order valence-corrected chi connectivity index (χ0v) is 11.8. The van der Waals surface area contributed by atoms with Crippen LogP contribution in [-0.2, 0) is 0 Å². The molecule has 0 heterocycles. The van der Waals surface area contributed by atoms with E-state index in [1.807, 2.05) is 18.2 Å². The lowest BCUT2D eigenvalue weighted by Crippen LogP contribution is -2.20. The average Bonchev–Trinajstić information content (AvgIpc) is 2.31. The van der Waals surface area contributed by atoms with Crippen molar-refractivity contribution in [2.24, 2.45) is 0 Å². The molecule has 0 amide bonds. The highest BCUT2D eigenvalue weighted by atomic mass is 35.5. The molecule has 0 fully saturated rings. The summed E-state index contributed by atoms with van der Waals surface area (Å²) in [6.45, 7) is 9.34. The number of ether oxygens (including phenoxy) is 1. The predicted molar refractivity (Wildman–Crippen MR) is 73.9 cm³/mol. The molecule has 0 bridgehead atoms. The third kappa shape index (κ3) is 4.21. The Bertz CT molecular complexity index is 354. The highest BCUT2D eigenvalue weighted by Crippen LogP contribution is 2.29. The molecule has 2 atom stereocenters. The molecule has 2 nitrogen and oxygen atoms in total. The maximum absolute atomic E-state index is 6.05. The molecule has 0 aliphatic heterocycles. The summed E-state index contributed by atoms with van der Waals surface area (Å²) in [5, 5.41) is 4.13. The second-order valence-corrected chi connectivity index (χ2v) is 4.73. The molecule has 0 saturated heterocycles. The standard InChI is InChI=1S/C14H22ClNO/c1-5-10(3)17-14-8-7-12(15)9-13(14)11(4)16-6-2/h7-11,16H,5-6H2,1-4H3. The Morgan fingerprint density at radius 2 is 2.00 bits per heavy atom. The smallest absolute Gasteiger partial charge is 0.124 e. The maximum atomic E-state index is 6.05. The Morgan fingerprint density at radius 3 is 2.59 bits per heavy atom. The number of rotatable bonds is 6. The van der Waals surface area contributed by atoms with Crippen LogP contribution in [-0.4, -0.2) is 12.6 Å². The van der Waals surface area contributed by atoms with Gasteiger partial charge in [0.25, 0.3) is 0 Å². The fraction of sp³-hybridized carbons (Fsp3) is 0.571. The van der Waals surface area contributed by atoms with Crippen LogP contribution in [0.15, 0.2) is 18.2 Å². The maximum Gasteiger partial charge on any atom is 0.124 e. The van der Waals surface area contributed by atoms with E-state index in [-0.39, 0.29) is 12.1 Å². The number of nitrogens with one attached hydrogen (secondary N) is 1. The third-order valence-corrected chi connectivity index (χ3v) is 3.09. The summed E-state index contributed by atoms with van der Waals surface area (Å²) < 4.78 is 5.92. The molecule has 2 unspecified atom stereocenters. The number of hydrogen-bond acceptors (Lipinski definition) is 2. The van der Waals surface area contributed by atoms with Crippen LogP contribution < -0.4 is 10.1 Å². The van der Waals surface area contributed by atoms with Crippen LogP contribution in [0.4, 0.5) is 0 Å². The van der Waals surface area contributed by atoms with E-state index >= 15 is 0 Å². The Labute approximate surface area is 109 Å². The van der Waals surface area contributed by atoms with Gasteiger partial charge in [-0.3, -0.25) is 0 Å². The van der Waals surface area contributed by atoms with E-state index in [2.05, 4.69) is 33.0 Å². The fourth-order valence-corrected chi connectivity index (χ4v) is 1.86. The summed E-state index contributed by atoms with van der Waals surface area (Å²) in [7, 11) is 0. The molecular weight excluding hydrogens is 234 g/mol. The molecule has 96 valence electrons. The van der Waals surface area contributed by atoms with Gasteiger partial charge in [-0.05, 0) is 45.0 Å². The molecule has 1 aromatic rings. The zero-order valence-electron chi connectivity index (χ0n) is 11.1. The number of benzene rings is 1. The van der Waals surface area contributed by atoms with Crippen molar-refractivity contribution in [3.8, 4) is 5.75 Å². The van der Waals surface area contributed by atoms with Crippen molar-refractivity contribution < 1.29 is 4.74 Å². The van der Waals surface area contributed by atoms with Crippen molar-refractivity contribution >= 4 is 11.6 Å². The summed E-state index contributed by atoms with van der Waals surface area (Å²) in [4.78, 5) is 0. The monoisotopic (exact) mass is 255 g/mol. The molecule has 0 aliphatic rings. The van der Waals surface area contributed by atoms with Crippen molar-refractivity contribution in [2.45, 2.75) is 46.3 Å². The van der Waals surface area contributed by atoms with Gasteiger partial charge in [0.15, 0.2) is 0 Å². The molecule has 0 aromatic heterocycles. The summed E-state index contributed by atoms with van der Waals surface area (Å²) >= 11 is 6.05. The second kappa shape index (κ2) is 6.87. The predicted octanol–water partition coefficient (Wildman–Crippen LogP) is 4.19. The van der Waals surface area contributed by atoms with Gasteiger partial charge in [-0.1, -0.05) is 25.4 Å². The van der Waals surface area contributed by atoms with Crippen molar-refractivity contribution in [3.05, 3.63) is 28.8 Å². The van der Waals surface area contributed by atoms with Crippen molar-refractivity contribution in [3.63, 3.8) is 0 Å². The van der Waals surface area contributed by atoms with Gasteiger partial charge in [-0.2, -0.15) is 0 Å². The van der Waals surface area contributed by atoms with Gasteiger partial charge in [0, 0.05) is 16.6 Å². The highest BCUT2D eigenvalue weighted by Gasteiger charge is 2.13. The molecule has 0 saturated carbocycles. The second-order valence-electron chi connectivity index (χ2n) is 4.30. The first kappa shape index (κ1) is 14.3.